The fourth-order valence-corrected chi connectivity index (χ4v) is 5.51. The molecule has 0 aliphatic carbocycles. The van der Waals surface area contributed by atoms with E-state index in [1.165, 1.54) is 31.0 Å². The number of thioether (sulfide) groups is 1. The number of anilines is 1. The summed E-state index contributed by atoms with van der Waals surface area (Å²) >= 11 is 7.47. The van der Waals surface area contributed by atoms with E-state index < -0.39 is 6.04 Å². The number of nitrogens with zero attached hydrogens (tertiary/aromatic N) is 4. The number of nitrogens with one attached hydrogen (secondary N) is 2. The molecular weight excluding hydrogens is 500 g/mol. The number of piperazine rings is 1. The summed E-state index contributed by atoms with van der Waals surface area (Å²) in [6, 6.07) is 1.30. The molecule has 0 radical (unpaired) electrons. The molecule has 2 fully saturated rings. The van der Waals surface area contributed by atoms with Gasteiger partial charge >= 0.3 is 0 Å². The average molecular weight is 539 g/mol. The fourth-order valence-electron chi connectivity index (χ4n) is 4.61. The van der Waals surface area contributed by atoms with Crippen molar-refractivity contribution in [3.05, 3.63) is 11.2 Å². The first-order chi connectivity index (χ1) is 17.4. The third-order valence-electron chi connectivity index (χ3n) is 6.63. The zero-order chi connectivity index (χ0) is 25.9. The number of hydrogen-bond acceptors (Lipinski definition) is 7. The van der Waals surface area contributed by atoms with Crippen LogP contribution in [0.4, 0.5) is 5.82 Å². The van der Waals surface area contributed by atoms with Crippen LogP contribution >= 0.6 is 23.4 Å². The van der Waals surface area contributed by atoms with Gasteiger partial charge in [-0.1, -0.05) is 56.0 Å². The summed E-state index contributed by atoms with van der Waals surface area (Å²) in [5, 5.41) is 6.35. The Morgan fingerprint density at radius 1 is 1.19 bits per heavy atom. The van der Waals surface area contributed by atoms with Gasteiger partial charge in [0, 0.05) is 44.7 Å². The first-order valence-corrected chi connectivity index (χ1v) is 14.5. The first kappa shape index (κ1) is 28.5. The van der Waals surface area contributed by atoms with Crippen LogP contribution in [-0.4, -0.2) is 76.6 Å². The highest BCUT2D eigenvalue weighted by Gasteiger charge is 2.28. The molecule has 0 saturated carbocycles. The minimum Gasteiger partial charge on any atom is -0.354 e. The van der Waals surface area contributed by atoms with E-state index >= 15 is 0 Å². The second-order valence-electron chi connectivity index (χ2n) is 9.57. The normalized spacial score (nSPS) is 20.6. The van der Waals surface area contributed by atoms with Gasteiger partial charge in [-0.15, -0.1) is 0 Å². The maximum atomic E-state index is 12.7. The molecule has 9 nitrogen and oxygen atoms in total. The van der Waals surface area contributed by atoms with Gasteiger partial charge < -0.3 is 20.4 Å². The SMILES string of the molecule is CCCCCCCC(=O)N1CCN(c2cc(Cl)nc(SCC(=O)NC3CCCCNC3=O)n2)CC1C. The molecule has 3 rings (SSSR count). The van der Waals surface area contributed by atoms with Gasteiger partial charge in [-0.3, -0.25) is 14.4 Å². The van der Waals surface area contributed by atoms with Gasteiger partial charge in [0.25, 0.3) is 0 Å². The monoisotopic (exact) mass is 538 g/mol. The van der Waals surface area contributed by atoms with Crippen LogP contribution in [0.3, 0.4) is 0 Å². The molecule has 0 bridgehead atoms. The van der Waals surface area contributed by atoms with Gasteiger partial charge in [0.1, 0.15) is 17.0 Å². The fraction of sp³-hybridized carbons (Fsp3) is 0.720. The molecule has 36 heavy (non-hydrogen) atoms. The largest absolute Gasteiger partial charge is 0.354 e. The lowest BCUT2D eigenvalue weighted by atomic mass is 10.1. The standard InChI is InChI=1S/C25H39ClN6O3S/c1-3-4-5-6-7-11-23(34)32-14-13-31(16-18(32)2)21-15-20(26)29-25(30-21)36-17-22(33)28-19-10-8-9-12-27-24(19)35/h15,18-19H,3-14,16-17H2,1-2H3,(H,27,35)(H,28,33). The number of hydrogen-bond donors (Lipinski definition) is 2. The van der Waals surface area contributed by atoms with Crippen LogP contribution in [0.5, 0.6) is 0 Å². The number of carbonyl (C=O) groups is 3. The number of aromatic nitrogens is 2. The van der Waals surface area contributed by atoms with Gasteiger partial charge in [0.2, 0.25) is 17.7 Å². The molecule has 2 aliphatic rings. The van der Waals surface area contributed by atoms with Crippen molar-refractivity contribution in [2.24, 2.45) is 0 Å². The highest BCUT2D eigenvalue weighted by molar-refractivity contribution is 7.99. The topological polar surface area (TPSA) is 108 Å². The van der Waals surface area contributed by atoms with Gasteiger partial charge in [0.15, 0.2) is 5.16 Å². The first-order valence-electron chi connectivity index (χ1n) is 13.2. The number of halogens is 1. The molecule has 2 N–H and O–H groups in total. The Labute approximate surface area is 223 Å². The molecule has 2 unspecified atom stereocenters. The average Bonchev–Trinajstić information content (AvgIpc) is 3.06. The molecule has 1 aromatic heterocycles. The van der Waals surface area contributed by atoms with Crippen molar-refractivity contribution in [3.63, 3.8) is 0 Å². The highest BCUT2D eigenvalue weighted by atomic mass is 35.5. The van der Waals surface area contributed by atoms with Gasteiger partial charge in [-0.25, -0.2) is 9.97 Å². The quantitative estimate of drug-likeness (QED) is 0.192. The van der Waals surface area contributed by atoms with Crippen LogP contribution < -0.4 is 15.5 Å². The van der Waals surface area contributed by atoms with E-state index in [0.29, 0.717) is 55.1 Å². The Bertz CT molecular complexity index is 905. The van der Waals surface area contributed by atoms with Crippen LogP contribution in [0.25, 0.3) is 0 Å². The van der Waals surface area contributed by atoms with E-state index in [1.54, 1.807) is 6.07 Å². The van der Waals surface area contributed by atoms with Gasteiger partial charge in [-0.05, 0) is 32.6 Å². The van der Waals surface area contributed by atoms with E-state index in [2.05, 4.69) is 39.3 Å². The highest BCUT2D eigenvalue weighted by Crippen LogP contribution is 2.24. The van der Waals surface area contributed by atoms with Crippen molar-refractivity contribution in [2.45, 2.75) is 88.9 Å². The Kier molecular flexibility index (Phi) is 11.6. The maximum Gasteiger partial charge on any atom is 0.242 e. The molecule has 0 aromatic carbocycles. The molecule has 2 atom stereocenters. The lowest BCUT2D eigenvalue weighted by molar-refractivity contribution is -0.133. The predicted molar refractivity (Wildman–Crippen MR) is 143 cm³/mol. The summed E-state index contributed by atoms with van der Waals surface area (Å²) in [5.41, 5.74) is 0. The smallest absolute Gasteiger partial charge is 0.242 e. The molecule has 200 valence electrons. The Hall–Kier alpha value is -2.07. The lowest BCUT2D eigenvalue weighted by Crippen LogP contribution is -2.54. The van der Waals surface area contributed by atoms with Gasteiger partial charge in [0.05, 0.1) is 5.75 Å². The van der Waals surface area contributed by atoms with E-state index in [9.17, 15) is 14.4 Å². The zero-order valence-corrected chi connectivity index (χ0v) is 23.0. The Morgan fingerprint density at radius 3 is 2.78 bits per heavy atom. The maximum absolute atomic E-state index is 12.7. The Balaban J connectivity index is 1.50. The minimum atomic E-state index is -0.492. The summed E-state index contributed by atoms with van der Waals surface area (Å²) in [6.07, 6.45) is 8.76. The van der Waals surface area contributed by atoms with Crippen molar-refractivity contribution >= 4 is 46.9 Å². The second kappa shape index (κ2) is 14.6. The number of rotatable bonds is 11. The van der Waals surface area contributed by atoms with Crippen LogP contribution in [0, 0.1) is 0 Å². The van der Waals surface area contributed by atoms with Gasteiger partial charge in [-0.2, -0.15) is 0 Å². The molecule has 0 spiro atoms. The molecule has 3 amide bonds. The van der Waals surface area contributed by atoms with E-state index in [0.717, 1.165) is 25.7 Å². The third kappa shape index (κ3) is 8.80. The van der Waals surface area contributed by atoms with Crippen LogP contribution in [0.15, 0.2) is 11.2 Å². The molecule has 1 aromatic rings. The summed E-state index contributed by atoms with van der Waals surface area (Å²) in [5.74, 6) is 0.655. The molecule has 11 heteroatoms. The van der Waals surface area contributed by atoms with Crippen molar-refractivity contribution < 1.29 is 14.4 Å². The molecule has 2 saturated heterocycles. The lowest BCUT2D eigenvalue weighted by Gasteiger charge is -2.40. The van der Waals surface area contributed by atoms with Crippen LogP contribution in [-0.2, 0) is 14.4 Å². The third-order valence-corrected chi connectivity index (χ3v) is 7.67. The molecule has 2 aliphatic heterocycles. The van der Waals surface area contributed by atoms with Crippen LogP contribution in [0.1, 0.15) is 71.6 Å². The summed E-state index contributed by atoms with van der Waals surface area (Å²) < 4.78 is 0. The van der Waals surface area contributed by atoms with Crippen molar-refractivity contribution in [1.29, 1.82) is 0 Å². The van der Waals surface area contributed by atoms with E-state index in [4.69, 9.17) is 11.6 Å². The van der Waals surface area contributed by atoms with E-state index in [1.807, 2.05) is 4.90 Å². The van der Waals surface area contributed by atoms with E-state index in [-0.39, 0.29) is 29.5 Å². The number of carbonyl (C=O) groups excluding carboxylic acids is 3. The van der Waals surface area contributed by atoms with Crippen molar-refractivity contribution in [3.8, 4) is 0 Å². The summed E-state index contributed by atoms with van der Waals surface area (Å²) in [4.78, 5) is 50.2. The number of amides is 3. The number of unbranched alkanes of at least 4 members (excludes halogenated alkanes) is 4. The zero-order valence-electron chi connectivity index (χ0n) is 21.4. The Morgan fingerprint density at radius 2 is 2.00 bits per heavy atom. The summed E-state index contributed by atoms with van der Waals surface area (Å²) in [7, 11) is 0. The van der Waals surface area contributed by atoms with Crippen LogP contribution in [0.2, 0.25) is 5.15 Å². The van der Waals surface area contributed by atoms with Crippen molar-refractivity contribution in [2.75, 3.05) is 36.8 Å². The van der Waals surface area contributed by atoms with Crippen molar-refractivity contribution in [1.82, 2.24) is 25.5 Å². The second-order valence-corrected chi connectivity index (χ2v) is 10.9. The minimum absolute atomic E-state index is 0.0724. The predicted octanol–water partition coefficient (Wildman–Crippen LogP) is 3.40. The molecule has 3 heterocycles. The molecular formula is C25H39ClN6O3S. The summed E-state index contributed by atoms with van der Waals surface area (Å²) in [6.45, 7) is 6.88.